The number of thiocarbonyl (C=S) groups is 1. The predicted molar refractivity (Wildman–Crippen MR) is 124 cm³/mol. The molecule has 0 aromatic heterocycles. The van der Waals surface area contributed by atoms with E-state index in [0.29, 0.717) is 14.9 Å². The van der Waals surface area contributed by atoms with E-state index in [1.54, 1.807) is 18.2 Å². The Hall–Kier alpha value is -2.96. The molecule has 0 N–H and O–H groups in total. The van der Waals surface area contributed by atoms with Gasteiger partial charge in [0.25, 0.3) is 5.91 Å². The van der Waals surface area contributed by atoms with Crippen LogP contribution in [0.1, 0.15) is 24.2 Å². The summed E-state index contributed by atoms with van der Waals surface area (Å²) in [5, 5.41) is 0. The van der Waals surface area contributed by atoms with Crippen LogP contribution in [0.2, 0.25) is 0 Å². The van der Waals surface area contributed by atoms with Crippen molar-refractivity contribution >= 4 is 46.0 Å². The van der Waals surface area contributed by atoms with Gasteiger partial charge in [-0.1, -0.05) is 66.4 Å². The van der Waals surface area contributed by atoms with E-state index in [1.807, 2.05) is 61.5 Å². The van der Waals surface area contributed by atoms with Crippen LogP contribution in [0.4, 0.5) is 10.1 Å². The van der Waals surface area contributed by atoms with Crippen molar-refractivity contribution in [2.24, 2.45) is 0 Å². The van der Waals surface area contributed by atoms with Gasteiger partial charge in [0.1, 0.15) is 17.7 Å². The van der Waals surface area contributed by atoms with Crippen LogP contribution < -0.4 is 9.64 Å². The molecular weight excluding hydrogens is 417 g/mol. The summed E-state index contributed by atoms with van der Waals surface area (Å²) in [7, 11) is 0. The molecule has 1 heterocycles. The molecule has 1 atom stereocenters. The molecule has 1 aliphatic rings. The van der Waals surface area contributed by atoms with E-state index in [9.17, 15) is 9.18 Å². The smallest absolute Gasteiger partial charge is 0.270 e. The van der Waals surface area contributed by atoms with E-state index in [2.05, 4.69) is 0 Å². The molecular formula is C24H18FNO2S2. The van der Waals surface area contributed by atoms with Crippen LogP contribution >= 0.6 is 24.0 Å². The summed E-state index contributed by atoms with van der Waals surface area (Å²) in [6.07, 6.45) is 1.73. The number of rotatable bonds is 5. The number of hydrogen-bond donors (Lipinski definition) is 0. The Morgan fingerprint density at radius 3 is 2.33 bits per heavy atom. The lowest BCUT2D eigenvalue weighted by atomic mass is 10.1. The summed E-state index contributed by atoms with van der Waals surface area (Å²) in [5.41, 5.74) is 2.53. The number of halogens is 1. The fraction of sp³-hybridized carbons (Fsp3) is 0.0833. The molecule has 3 nitrogen and oxygen atoms in total. The number of thioether (sulfide) groups is 1. The van der Waals surface area contributed by atoms with Gasteiger partial charge in [-0.05, 0) is 60.5 Å². The highest BCUT2D eigenvalue weighted by Crippen LogP contribution is 2.36. The van der Waals surface area contributed by atoms with Crippen molar-refractivity contribution in [3.63, 3.8) is 0 Å². The molecule has 150 valence electrons. The second kappa shape index (κ2) is 8.81. The molecule has 0 saturated carbocycles. The molecule has 3 aromatic rings. The number of carbonyl (C=O) groups excluding carboxylic acids is 1. The SMILES string of the molecule is C[C@H](Oc1ccc(/C=C2\SC(=S)N(c3ccc(F)cc3)C2=O)cc1)c1ccccc1. The second-order valence-electron chi connectivity index (χ2n) is 6.73. The van der Waals surface area contributed by atoms with Crippen molar-refractivity contribution in [2.75, 3.05) is 4.90 Å². The highest BCUT2D eigenvalue weighted by molar-refractivity contribution is 8.27. The fourth-order valence-corrected chi connectivity index (χ4v) is 4.37. The molecule has 1 aliphatic heterocycles. The Labute approximate surface area is 184 Å². The predicted octanol–water partition coefficient (Wildman–Crippen LogP) is 6.37. The van der Waals surface area contributed by atoms with Crippen LogP contribution in [0, 0.1) is 5.82 Å². The van der Waals surface area contributed by atoms with E-state index in [1.165, 1.54) is 28.8 Å². The first-order valence-electron chi connectivity index (χ1n) is 9.36. The lowest BCUT2D eigenvalue weighted by molar-refractivity contribution is -0.113. The van der Waals surface area contributed by atoms with Gasteiger partial charge < -0.3 is 4.74 Å². The summed E-state index contributed by atoms with van der Waals surface area (Å²) in [6.45, 7) is 2.00. The minimum Gasteiger partial charge on any atom is -0.486 e. The van der Waals surface area contributed by atoms with Gasteiger partial charge in [-0.25, -0.2) is 4.39 Å². The number of benzene rings is 3. The van der Waals surface area contributed by atoms with Gasteiger partial charge in [0.15, 0.2) is 4.32 Å². The third-order valence-corrected chi connectivity index (χ3v) is 5.94. The maximum absolute atomic E-state index is 13.2. The Morgan fingerprint density at radius 1 is 1.00 bits per heavy atom. The van der Waals surface area contributed by atoms with E-state index >= 15 is 0 Å². The first kappa shape index (κ1) is 20.3. The van der Waals surface area contributed by atoms with Gasteiger partial charge in [0.2, 0.25) is 0 Å². The zero-order valence-corrected chi connectivity index (χ0v) is 17.8. The van der Waals surface area contributed by atoms with Gasteiger partial charge in [-0.15, -0.1) is 0 Å². The zero-order chi connectivity index (χ0) is 21.1. The lowest BCUT2D eigenvalue weighted by Gasteiger charge is -2.15. The van der Waals surface area contributed by atoms with Gasteiger partial charge in [0, 0.05) is 0 Å². The Balaban J connectivity index is 1.48. The fourth-order valence-electron chi connectivity index (χ4n) is 3.07. The van der Waals surface area contributed by atoms with Crippen molar-refractivity contribution in [1.82, 2.24) is 0 Å². The van der Waals surface area contributed by atoms with E-state index in [0.717, 1.165) is 16.9 Å². The molecule has 0 radical (unpaired) electrons. The van der Waals surface area contributed by atoms with Crippen molar-refractivity contribution in [1.29, 1.82) is 0 Å². The van der Waals surface area contributed by atoms with E-state index in [-0.39, 0.29) is 17.8 Å². The van der Waals surface area contributed by atoms with Crippen molar-refractivity contribution in [3.05, 3.63) is 101 Å². The average molecular weight is 436 g/mol. The van der Waals surface area contributed by atoms with Crippen molar-refractivity contribution < 1.29 is 13.9 Å². The minimum absolute atomic E-state index is 0.0657. The highest BCUT2D eigenvalue weighted by Gasteiger charge is 2.33. The van der Waals surface area contributed by atoms with Crippen LogP contribution in [0.15, 0.2) is 83.8 Å². The second-order valence-corrected chi connectivity index (χ2v) is 8.41. The summed E-state index contributed by atoms with van der Waals surface area (Å²) in [4.78, 5) is 14.8. The van der Waals surface area contributed by atoms with Gasteiger partial charge >= 0.3 is 0 Å². The number of amides is 1. The molecule has 6 heteroatoms. The normalized spacial score (nSPS) is 16.2. The number of hydrogen-bond acceptors (Lipinski definition) is 4. The monoisotopic (exact) mass is 435 g/mol. The lowest BCUT2D eigenvalue weighted by Crippen LogP contribution is -2.27. The van der Waals surface area contributed by atoms with Crippen LogP contribution in [0.25, 0.3) is 6.08 Å². The van der Waals surface area contributed by atoms with E-state index < -0.39 is 0 Å². The summed E-state index contributed by atoms with van der Waals surface area (Å²) in [5.74, 6) is 0.181. The molecule has 0 spiro atoms. The van der Waals surface area contributed by atoms with Crippen LogP contribution in [0.3, 0.4) is 0 Å². The maximum atomic E-state index is 13.2. The van der Waals surface area contributed by atoms with Crippen molar-refractivity contribution in [3.8, 4) is 5.75 Å². The average Bonchev–Trinajstić information content (AvgIpc) is 3.04. The first-order valence-corrected chi connectivity index (χ1v) is 10.6. The minimum atomic E-state index is -0.358. The largest absolute Gasteiger partial charge is 0.486 e. The molecule has 1 fully saturated rings. The van der Waals surface area contributed by atoms with Crippen LogP contribution in [-0.4, -0.2) is 10.2 Å². The molecule has 0 aliphatic carbocycles. The third kappa shape index (κ3) is 4.45. The zero-order valence-electron chi connectivity index (χ0n) is 16.1. The Kier molecular flexibility index (Phi) is 5.97. The number of carbonyl (C=O) groups is 1. The standard InChI is InChI=1S/C24H18FNO2S2/c1-16(18-5-3-2-4-6-18)28-21-13-7-17(8-14-21)15-22-23(27)26(24(29)30-22)20-11-9-19(25)10-12-20/h2-16H,1H3/b22-15-/t16-/m0/s1. The van der Waals surface area contributed by atoms with Gasteiger partial charge in [-0.3, -0.25) is 9.69 Å². The molecule has 1 amide bonds. The molecule has 0 bridgehead atoms. The van der Waals surface area contributed by atoms with E-state index in [4.69, 9.17) is 17.0 Å². The van der Waals surface area contributed by atoms with Gasteiger partial charge in [0.05, 0.1) is 10.6 Å². The molecule has 3 aromatic carbocycles. The summed E-state index contributed by atoms with van der Waals surface area (Å²) < 4.78 is 19.6. The van der Waals surface area contributed by atoms with Gasteiger partial charge in [-0.2, -0.15) is 0 Å². The molecule has 1 saturated heterocycles. The maximum Gasteiger partial charge on any atom is 0.270 e. The number of anilines is 1. The van der Waals surface area contributed by atoms with Crippen LogP contribution in [0.5, 0.6) is 5.75 Å². The third-order valence-electron chi connectivity index (χ3n) is 4.64. The molecule has 30 heavy (non-hydrogen) atoms. The number of ether oxygens (including phenoxy) is 1. The highest BCUT2D eigenvalue weighted by atomic mass is 32.2. The molecule has 4 rings (SSSR count). The molecule has 0 unspecified atom stereocenters. The number of nitrogens with zero attached hydrogens (tertiary/aromatic N) is 1. The first-order chi connectivity index (χ1) is 14.5. The topological polar surface area (TPSA) is 29.5 Å². The summed E-state index contributed by atoms with van der Waals surface area (Å²) in [6, 6.07) is 23.3. The summed E-state index contributed by atoms with van der Waals surface area (Å²) >= 11 is 6.59. The Morgan fingerprint density at radius 2 is 1.67 bits per heavy atom. The van der Waals surface area contributed by atoms with Crippen LogP contribution in [-0.2, 0) is 4.79 Å². The Bertz CT molecular complexity index is 1100. The van der Waals surface area contributed by atoms with Crippen molar-refractivity contribution in [2.45, 2.75) is 13.0 Å². The quantitative estimate of drug-likeness (QED) is 0.344.